The molecule has 0 radical (unpaired) electrons. The maximum absolute atomic E-state index is 11.1. The first kappa shape index (κ1) is 10.4. The van der Waals surface area contributed by atoms with Crippen LogP contribution in [0.5, 0.6) is 0 Å². The van der Waals surface area contributed by atoms with Gasteiger partial charge < -0.3 is 4.74 Å². The van der Waals surface area contributed by atoms with Gasteiger partial charge in [-0.25, -0.2) is 4.79 Å². The number of alkyl halides is 3. The Kier molecular flexibility index (Phi) is 3.50. The van der Waals surface area contributed by atoms with Crippen molar-refractivity contribution in [3.63, 3.8) is 0 Å². The quantitative estimate of drug-likeness (QED) is 0.473. The smallest absolute Gasteiger partial charge is 0.342 e. The lowest BCUT2D eigenvalue weighted by molar-refractivity contribution is -0.145. The van der Waals surface area contributed by atoms with E-state index in [1.54, 1.807) is 0 Å². The molecule has 0 aromatic carbocycles. The van der Waals surface area contributed by atoms with E-state index in [0.717, 1.165) is 12.8 Å². The molecule has 1 heterocycles. The van der Waals surface area contributed by atoms with E-state index in [9.17, 15) is 4.79 Å². The summed E-state index contributed by atoms with van der Waals surface area (Å²) in [6.07, 6.45) is 1.79. The molecular formula is C7H9Cl3O2. The van der Waals surface area contributed by atoms with Crippen molar-refractivity contribution in [2.45, 2.75) is 29.0 Å². The molecule has 0 aromatic heterocycles. The third-order valence-corrected chi connectivity index (χ3v) is 2.66. The molecule has 5 heteroatoms. The predicted molar refractivity (Wildman–Crippen MR) is 48.9 cm³/mol. The van der Waals surface area contributed by atoms with Gasteiger partial charge in [0, 0.05) is 11.8 Å². The Morgan fingerprint density at radius 2 is 2.17 bits per heavy atom. The van der Waals surface area contributed by atoms with Crippen LogP contribution in [0.3, 0.4) is 0 Å². The minimum atomic E-state index is -1.47. The summed E-state index contributed by atoms with van der Waals surface area (Å²) >= 11 is 17.3. The first-order chi connectivity index (χ1) is 5.52. The van der Waals surface area contributed by atoms with Crippen LogP contribution < -0.4 is 0 Å². The lowest BCUT2D eigenvalue weighted by Crippen LogP contribution is -2.33. The summed E-state index contributed by atoms with van der Waals surface area (Å²) in [5.41, 5.74) is 0. The highest BCUT2D eigenvalue weighted by Gasteiger charge is 2.38. The topological polar surface area (TPSA) is 26.3 Å². The molecule has 1 rings (SSSR count). The molecule has 12 heavy (non-hydrogen) atoms. The molecule has 1 saturated heterocycles. The Balaban J connectivity index is 2.63. The molecule has 0 aliphatic carbocycles. The molecule has 1 fully saturated rings. The van der Waals surface area contributed by atoms with Crippen molar-refractivity contribution in [3.05, 3.63) is 0 Å². The zero-order chi connectivity index (χ0) is 9.19. The second kappa shape index (κ2) is 4.03. The predicted octanol–water partition coefficient (Wildman–Crippen LogP) is 2.49. The standard InChI is InChI=1S/C7H9Cl3O2/c8-5-2-1-3-12-6(11)7(9,10)4-5/h5H,1-4H2. The minimum absolute atomic E-state index is 0.146. The summed E-state index contributed by atoms with van der Waals surface area (Å²) in [6.45, 7) is 0.350. The zero-order valence-electron chi connectivity index (χ0n) is 6.36. The Morgan fingerprint density at radius 3 is 2.83 bits per heavy atom. The molecule has 1 aliphatic rings. The fourth-order valence-corrected chi connectivity index (χ4v) is 2.06. The Labute approximate surface area is 86.1 Å². The van der Waals surface area contributed by atoms with E-state index in [4.69, 9.17) is 39.5 Å². The van der Waals surface area contributed by atoms with Gasteiger partial charge in [-0.1, -0.05) is 23.2 Å². The molecule has 1 atom stereocenters. The van der Waals surface area contributed by atoms with Gasteiger partial charge in [-0.05, 0) is 12.8 Å². The van der Waals surface area contributed by atoms with Crippen molar-refractivity contribution in [2.75, 3.05) is 6.61 Å². The summed E-state index contributed by atoms with van der Waals surface area (Å²) in [7, 11) is 0. The second-order valence-electron chi connectivity index (χ2n) is 2.78. The summed E-state index contributed by atoms with van der Waals surface area (Å²) < 4.78 is 3.32. The van der Waals surface area contributed by atoms with Gasteiger partial charge in [0.1, 0.15) is 0 Å². The molecule has 1 unspecified atom stereocenters. The van der Waals surface area contributed by atoms with E-state index in [1.165, 1.54) is 0 Å². The van der Waals surface area contributed by atoms with Crippen LogP contribution in [0.1, 0.15) is 19.3 Å². The maximum atomic E-state index is 11.1. The molecule has 0 spiro atoms. The Morgan fingerprint density at radius 1 is 1.50 bits per heavy atom. The van der Waals surface area contributed by atoms with E-state index in [0.29, 0.717) is 6.61 Å². The van der Waals surface area contributed by atoms with Crippen LogP contribution in [0.25, 0.3) is 0 Å². The monoisotopic (exact) mass is 230 g/mol. The van der Waals surface area contributed by atoms with Crippen molar-refractivity contribution >= 4 is 40.8 Å². The van der Waals surface area contributed by atoms with Crippen molar-refractivity contribution in [3.8, 4) is 0 Å². The number of cyclic esters (lactones) is 1. The van der Waals surface area contributed by atoms with Gasteiger partial charge in [0.15, 0.2) is 0 Å². The molecule has 0 saturated carbocycles. The highest BCUT2D eigenvalue weighted by atomic mass is 35.5. The average molecular weight is 232 g/mol. The highest BCUT2D eigenvalue weighted by Crippen LogP contribution is 2.33. The van der Waals surface area contributed by atoms with E-state index in [1.807, 2.05) is 0 Å². The normalized spacial score (nSPS) is 30.2. The largest absolute Gasteiger partial charge is 0.463 e. The van der Waals surface area contributed by atoms with Crippen LogP contribution in [0.2, 0.25) is 0 Å². The summed E-state index contributed by atoms with van der Waals surface area (Å²) in [5, 5.41) is -0.146. The van der Waals surface area contributed by atoms with Crippen molar-refractivity contribution in [1.82, 2.24) is 0 Å². The number of hydrogen-bond acceptors (Lipinski definition) is 2. The van der Waals surface area contributed by atoms with E-state index in [-0.39, 0.29) is 11.8 Å². The summed E-state index contributed by atoms with van der Waals surface area (Å²) in [4.78, 5) is 11.1. The SMILES string of the molecule is O=C1OCCCC(Cl)CC1(Cl)Cl. The third-order valence-electron chi connectivity index (χ3n) is 1.67. The minimum Gasteiger partial charge on any atom is -0.463 e. The summed E-state index contributed by atoms with van der Waals surface area (Å²) in [5.74, 6) is -0.587. The van der Waals surface area contributed by atoms with Crippen molar-refractivity contribution < 1.29 is 9.53 Å². The first-order valence-corrected chi connectivity index (χ1v) is 4.91. The molecule has 70 valence electrons. The second-order valence-corrected chi connectivity index (χ2v) is 4.89. The average Bonchev–Trinajstić information content (AvgIpc) is 1.95. The summed E-state index contributed by atoms with van der Waals surface area (Å²) in [6, 6.07) is 0. The van der Waals surface area contributed by atoms with E-state index < -0.39 is 10.3 Å². The fraction of sp³-hybridized carbons (Fsp3) is 0.857. The van der Waals surface area contributed by atoms with Gasteiger partial charge in [0.2, 0.25) is 4.33 Å². The van der Waals surface area contributed by atoms with Gasteiger partial charge in [-0.15, -0.1) is 11.6 Å². The van der Waals surface area contributed by atoms with Crippen LogP contribution in [0.15, 0.2) is 0 Å². The van der Waals surface area contributed by atoms with Gasteiger partial charge >= 0.3 is 5.97 Å². The molecular weight excluding hydrogens is 222 g/mol. The van der Waals surface area contributed by atoms with Crippen LogP contribution in [-0.4, -0.2) is 22.3 Å². The highest BCUT2D eigenvalue weighted by molar-refractivity contribution is 6.57. The number of ether oxygens (including phenoxy) is 1. The number of carbonyl (C=O) groups excluding carboxylic acids is 1. The van der Waals surface area contributed by atoms with Crippen LogP contribution >= 0.6 is 34.8 Å². The number of halogens is 3. The van der Waals surface area contributed by atoms with E-state index >= 15 is 0 Å². The lowest BCUT2D eigenvalue weighted by atomic mass is 10.1. The maximum Gasteiger partial charge on any atom is 0.342 e. The lowest BCUT2D eigenvalue weighted by Gasteiger charge is -2.23. The number of carbonyl (C=O) groups is 1. The molecule has 2 nitrogen and oxygen atoms in total. The van der Waals surface area contributed by atoms with Crippen LogP contribution in [0, 0.1) is 0 Å². The molecule has 0 N–H and O–H groups in total. The van der Waals surface area contributed by atoms with Gasteiger partial charge in [0.05, 0.1) is 6.61 Å². The first-order valence-electron chi connectivity index (χ1n) is 3.71. The number of esters is 1. The van der Waals surface area contributed by atoms with Crippen molar-refractivity contribution in [1.29, 1.82) is 0 Å². The number of rotatable bonds is 0. The number of hydrogen-bond donors (Lipinski definition) is 0. The molecule has 0 bridgehead atoms. The zero-order valence-corrected chi connectivity index (χ0v) is 8.62. The van der Waals surface area contributed by atoms with Gasteiger partial charge in [0.25, 0.3) is 0 Å². The fourth-order valence-electron chi connectivity index (χ4n) is 1.04. The van der Waals surface area contributed by atoms with Gasteiger partial charge in [-0.2, -0.15) is 0 Å². The van der Waals surface area contributed by atoms with Crippen molar-refractivity contribution in [2.24, 2.45) is 0 Å². The van der Waals surface area contributed by atoms with Crippen LogP contribution in [-0.2, 0) is 9.53 Å². The third kappa shape index (κ3) is 2.68. The molecule has 0 aromatic rings. The van der Waals surface area contributed by atoms with Gasteiger partial charge in [-0.3, -0.25) is 0 Å². The van der Waals surface area contributed by atoms with E-state index in [2.05, 4.69) is 0 Å². The Hall–Kier alpha value is 0.340. The Bertz CT molecular complexity index is 181. The molecule has 0 amide bonds. The van der Waals surface area contributed by atoms with Crippen LogP contribution in [0.4, 0.5) is 0 Å². The molecule has 1 aliphatic heterocycles.